The van der Waals surface area contributed by atoms with Gasteiger partial charge in [0, 0.05) is 35.1 Å². The summed E-state index contributed by atoms with van der Waals surface area (Å²) in [4.78, 5) is 4.70. The first kappa shape index (κ1) is 20.6. The van der Waals surface area contributed by atoms with E-state index in [9.17, 15) is 0 Å². The molecule has 6 heteroatoms. The minimum atomic E-state index is 0.327. The third kappa shape index (κ3) is 4.23. The van der Waals surface area contributed by atoms with Crippen LogP contribution in [0.25, 0.3) is 21.8 Å². The normalized spacial score (nSPS) is 11.8. The first-order chi connectivity index (χ1) is 16.1. The minimum Gasteiger partial charge on any atom is -0.487 e. The maximum Gasteiger partial charge on any atom is 0.150 e. The van der Waals surface area contributed by atoms with Gasteiger partial charge < -0.3 is 20.9 Å². The number of amidine groups is 1. The van der Waals surface area contributed by atoms with Gasteiger partial charge in [-0.2, -0.15) is 5.10 Å². The first-order valence-electron chi connectivity index (χ1n) is 10.8. The number of pyridine rings is 1. The molecule has 33 heavy (non-hydrogen) atoms. The lowest BCUT2D eigenvalue weighted by molar-refractivity contribution is 0.302. The van der Waals surface area contributed by atoms with Gasteiger partial charge >= 0.3 is 0 Å². The number of hydrogen-bond donors (Lipinski definition) is 2. The highest BCUT2D eigenvalue weighted by molar-refractivity contribution is 5.97. The summed E-state index contributed by atoms with van der Waals surface area (Å²) >= 11 is 0. The molecular weight excluding hydrogens is 410 g/mol. The fraction of sp³-hybridized carbons (Fsp3) is 0.111. The molecule has 5 aromatic rings. The third-order valence-electron chi connectivity index (χ3n) is 5.84. The van der Waals surface area contributed by atoms with Gasteiger partial charge in [0.25, 0.3) is 0 Å². The Morgan fingerprint density at radius 3 is 2.76 bits per heavy atom. The zero-order valence-electron chi connectivity index (χ0n) is 18.4. The van der Waals surface area contributed by atoms with E-state index >= 15 is 0 Å². The van der Waals surface area contributed by atoms with Crippen molar-refractivity contribution in [2.24, 2.45) is 23.7 Å². The predicted octanol–water partition coefficient (Wildman–Crippen LogP) is 4.48. The second kappa shape index (κ2) is 8.67. The van der Waals surface area contributed by atoms with E-state index in [0.717, 1.165) is 50.8 Å². The van der Waals surface area contributed by atoms with E-state index in [4.69, 9.17) is 21.3 Å². The van der Waals surface area contributed by atoms with E-state index in [1.165, 1.54) is 5.56 Å². The third-order valence-corrected chi connectivity index (χ3v) is 5.84. The SMILES string of the molecule is Cn1cc(Cc2cccc(/C(N)=N/N)c2)c2cc(OCc3ccc4ccccc4n3)ccc21. The maximum absolute atomic E-state index is 6.11. The molecule has 164 valence electrons. The molecule has 0 aliphatic carbocycles. The number of nitrogens with two attached hydrogens (primary N) is 2. The van der Waals surface area contributed by atoms with Gasteiger partial charge in [-0.25, -0.2) is 4.98 Å². The highest BCUT2D eigenvalue weighted by Crippen LogP contribution is 2.28. The summed E-state index contributed by atoms with van der Waals surface area (Å²) < 4.78 is 8.25. The van der Waals surface area contributed by atoms with Crippen molar-refractivity contribution in [3.05, 3.63) is 107 Å². The topological polar surface area (TPSA) is 91.5 Å². The summed E-state index contributed by atoms with van der Waals surface area (Å²) in [5.74, 6) is 6.48. The molecule has 0 radical (unpaired) electrons. The lowest BCUT2D eigenvalue weighted by Crippen LogP contribution is -2.15. The van der Waals surface area contributed by atoms with Crippen LogP contribution in [0.15, 0.2) is 90.2 Å². The van der Waals surface area contributed by atoms with Crippen LogP contribution in [0.1, 0.15) is 22.4 Å². The van der Waals surface area contributed by atoms with Gasteiger partial charge in [-0.15, -0.1) is 0 Å². The van der Waals surface area contributed by atoms with Gasteiger partial charge in [-0.05, 0) is 53.9 Å². The molecule has 0 aliphatic rings. The van der Waals surface area contributed by atoms with Crippen LogP contribution in [0, 0.1) is 0 Å². The molecule has 0 spiro atoms. The second-order valence-electron chi connectivity index (χ2n) is 8.12. The minimum absolute atomic E-state index is 0.327. The van der Waals surface area contributed by atoms with E-state index in [0.29, 0.717) is 12.4 Å². The Labute approximate surface area is 192 Å². The molecule has 0 amide bonds. The maximum atomic E-state index is 6.11. The van der Waals surface area contributed by atoms with Gasteiger partial charge in [0.05, 0.1) is 11.2 Å². The molecule has 3 aromatic carbocycles. The summed E-state index contributed by atoms with van der Waals surface area (Å²) in [6, 6.07) is 26.4. The Balaban J connectivity index is 1.40. The number of aryl methyl sites for hydroxylation is 1. The number of benzene rings is 3. The fourth-order valence-electron chi connectivity index (χ4n) is 4.16. The fourth-order valence-corrected chi connectivity index (χ4v) is 4.16. The Morgan fingerprint density at radius 2 is 1.88 bits per heavy atom. The summed E-state index contributed by atoms with van der Waals surface area (Å²) in [6.07, 6.45) is 2.92. The average Bonchev–Trinajstić information content (AvgIpc) is 3.16. The molecule has 0 saturated heterocycles. The van der Waals surface area contributed by atoms with E-state index in [1.807, 2.05) is 48.5 Å². The summed E-state index contributed by atoms with van der Waals surface area (Å²) in [6.45, 7) is 0.415. The molecule has 0 saturated carbocycles. The Morgan fingerprint density at radius 1 is 1.00 bits per heavy atom. The Hall–Kier alpha value is -4.32. The van der Waals surface area contributed by atoms with Crippen LogP contribution in [-0.2, 0) is 20.1 Å². The molecule has 5 rings (SSSR count). The van der Waals surface area contributed by atoms with Gasteiger partial charge in [-0.3, -0.25) is 0 Å². The van der Waals surface area contributed by atoms with Crippen molar-refractivity contribution in [2.45, 2.75) is 13.0 Å². The van der Waals surface area contributed by atoms with E-state index in [-0.39, 0.29) is 0 Å². The monoisotopic (exact) mass is 435 g/mol. The predicted molar refractivity (Wildman–Crippen MR) is 133 cm³/mol. The van der Waals surface area contributed by atoms with Gasteiger partial charge in [-0.1, -0.05) is 42.5 Å². The lowest BCUT2D eigenvalue weighted by atomic mass is 10.0. The van der Waals surface area contributed by atoms with E-state index in [2.05, 4.69) is 53.2 Å². The summed E-state index contributed by atoms with van der Waals surface area (Å²) in [7, 11) is 2.06. The number of aromatic nitrogens is 2. The van der Waals surface area contributed by atoms with Crippen molar-refractivity contribution in [3.8, 4) is 5.75 Å². The van der Waals surface area contributed by atoms with Crippen LogP contribution in [0.5, 0.6) is 5.75 Å². The molecule has 6 nitrogen and oxygen atoms in total. The van der Waals surface area contributed by atoms with Crippen molar-refractivity contribution in [1.29, 1.82) is 0 Å². The van der Waals surface area contributed by atoms with Crippen LogP contribution < -0.4 is 16.3 Å². The standard InChI is InChI=1S/C27H25N5O/c1-32-16-21(14-18-5-4-7-20(13-18)27(28)31-29)24-15-23(11-12-26(24)32)33-17-22-10-9-19-6-2-3-8-25(19)30-22/h2-13,15-16H,14,17,29H2,1H3,(H2,28,31). The zero-order chi connectivity index (χ0) is 22.8. The average molecular weight is 436 g/mol. The quantitative estimate of drug-likeness (QED) is 0.178. The molecule has 4 N–H and O–H groups in total. The van der Waals surface area contributed by atoms with E-state index < -0.39 is 0 Å². The number of hydrazone groups is 1. The number of ether oxygens (including phenoxy) is 1. The molecule has 0 atom stereocenters. The van der Waals surface area contributed by atoms with Crippen molar-refractivity contribution in [1.82, 2.24) is 9.55 Å². The van der Waals surface area contributed by atoms with Crippen LogP contribution >= 0.6 is 0 Å². The molecule has 0 aliphatic heterocycles. The van der Waals surface area contributed by atoms with Crippen LogP contribution in [-0.4, -0.2) is 15.4 Å². The first-order valence-corrected chi connectivity index (χ1v) is 10.8. The molecule has 0 unspecified atom stereocenters. The second-order valence-corrected chi connectivity index (χ2v) is 8.12. The van der Waals surface area contributed by atoms with Crippen molar-refractivity contribution < 1.29 is 4.74 Å². The molecular formula is C27H25N5O. The van der Waals surface area contributed by atoms with Gasteiger partial charge in [0.15, 0.2) is 0 Å². The highest BCUT2D eigenvalue weighted by atomic mass is 16.5. The van der Waals surface area contributed by atoms with Gasteiger partial charge in [0.2, 0.25) is 0 Å². The Bertz CT molecular complexity index is 1480. The smallest absolute Gasteiger partial charge is 0.150 e. The zero-order valence-corrected chi connectivity index (χ0v) is 18.4. The number of fused-ring (bicyclic) bond motifs is 2. The Kier molecular flexibility index (Phi) is 5.40. The van der Waals surface area contributed by atoms with Crippen LogP contribution in [0.2, 0.25) is 0 Å². The van der Waals surface area contributed by atoms with Crippen molar-refractivity contribution >= 4 is 27.6 Å². The summed E-state index contributed by atoms with van der Waals surface area (Å²) in [5, 5.41) is 5.89. The number of rotatable bonds is 6. The van der Waals surface area contributed by atoms with Crippen molar-refractivity contribution in [2.75, 3.05) is 0 Å². The molecule has 0 bridgehead atoms. The molecule has 0 fully saturated rings. The molecule has 2 aromatic heterocycles. The van der Waals surface area contributed by atoms with Crippen LogP contribution in [0.4, 0.5) is 0 Å². The highest BCUT2D eigenvalue weighted by Gasteiger charge is 2.10. The largest absolute Gasteiger partial charge is 0.487 e. The lowest BCUT2D eigenvalue weighted by Gasteiger charge is -2.08. The van der Waals surface area contributed by atoms with Gasteiger partial charge in [0.1, 0.15) is 18.2 Å². The number of para-hydroxylation sites is 1. The molecule has 2 heterocycles. The van der Waals surface area contributed by atoms with E-state index in [1.54, 1.807) is 0 Å². The number of hydrogen-bond acceptors (Lipinski definition) is 4. The van der Waals surface area contributed by atoms with Crippen LogP contribution in [0.3, 0.4) is 0 Å². The number of nitrogens with zero attached hydrogens (tertiary/aromatic N) is 3. The van der Waals surface area contributed by atoms with Crippen molar-refractivity contribution in [3.63, 3.8) is 0 Å². The summed E-state index contributed by atoms with van der Waals surface area (Å²) in [5.41, 5.74) is 12.1.